The van der Waals surface area contributed by atoms with Gasteiger partial charge < -0.3 is 9.97 Å². The zero-order valence-corrected chi connectivity index (χ0v) is 6.96. The molecule has 0 N–H and O–H groups in total. The summed E-state index contributed by atoms with van der Waals surface area (Å²) in [6, 6.07) is 0. The van der Waals surface area contributed by atoms with Crippen molar-refractivity contribution in [3.8, 4) is 0 Å². The van der Waals surface area contributed by atoms with Crippen molar-refractivity contribution < 1.29 is 32.7 Å². The fourth-order valence-corrected chi connectivity index (χ4v) is 0.316. The van der Waals surface area contributed by atoms with E-state index in [1.165, 1.54) is 0 Å². The predicted molar refractivity (Wildman–Crippen MR) is 22.4 cm³/mol. The van der Waals surface area contributed by atoms with Crippen LogP contribution in [0.5, 0.6) is 0 Å². The maximum Gasteiger partial charge on any atom is 0.00893 e. The van der Waals surface area contributed by atoms with Gasteiger partial charge in [-0.15, -0.1) is 12.4 Å². The maximum atomic E-state index is 3.81. The Morgan fingerprint density at radius 3 is 1.86 bits per heavy atom. The number of hydrogen-bond acceptors (Lipinski definition) is 2. The molecule has 0 unspecified atom stereocenters. The predicted octanol–water partition coefficient (Wildman–Crippen LogP) is 0.501. The third kappa shape index (κ3) is 2.20. The summed E-state index contributed by atoms with van der Waals surface area (Å²) in [5, 5.41) is 0. The van der Waals surface area contributed by atoms with E-state index in [1.807, 2.05) is 6.92 Å². The summed E-state index contributed by atoms with van der Waals surface area (Å²) < 4.78 is 0. The second kappa shape index (κ2) is 3.33. The van der Waals surface area contributed by atoms with E-state index in [9.17, 15) is 0 Å². The number of aromatic nitrogens is 2. The van der Waals surface area contributed by atoms with Crippen molar-refractivity contribution in [1.29, 1.82) is 0 Å². The molecule has 0 atom stereocenters. The van der Waals surface area contributed by atoms with Crippen LogP contribution in [-0.4, -0.2) is 9.97 Å². The fourth-order valence-electron chi connectivity index (χ4n) is 0.316. The Hall–Kier alpha value is 0.314. The van der Waals surface area contributed by atoms with Crippen LogP contribution in [0, 0.1) is 6.92 Å². The van der Waals surface area contributed by atoms with Crippen molar-refractivity contribution in [1.82, 2.24) is 9.97 Å². The first-order valence-electron chi connectivity index (χ1n) is 1.80. The van der Waals surface area contributed by atoms with E-state index < -0.39 is 0 Å². The second-order valence-electron chi connectivity index (χ2n) is 1.10. The molecule has 3 heteroatoms. The number of hydrogen-bond donors (Lipinski definition) is 0. The van der Waals surface area contributed by atoms with Gasteiger partial charge in [0.2, 0.25) is 0 Å². The van der Waals surface area contributed by atoms with Crippen molar-refractivity contribution in [2.75, 3.05) is 0 Å². The van der Waals surface area contributed by atoms with Crippen LogP contribution in [0.2, 0.25) is 0 Å². The summed E-state index contributed by atoms with van der Waals surface area (Å²) in [4.78, 5) is 7.61. The van der Waals surface area contributed by atoms with Crippen LogP contribution in [0.1, 0.15) is 5.82 Å². The molecule has 1 radical (unpaired) electrons. The van der Waals surface area contributed by atoms with E-state index >= 15 is 0 Å². The second-order valence-corrected chi connectivity index (χ2v) is 1.10. The van der Waals surface area contributed by atoms with Crippen LogP contribution < -0.4 is 0 Å². The van der Waals surface area contributed by atoms with Gasteiger partial charge in [-0.3, -0.25) is 0 Å². The van der Waals surface area contributed by atoms with Crippen LogP contribution >= 0.6 is 0 Å². The summed E-state index contributed by atoms with van der Waals surface area (Å²) in [5.74, 6) is 0.843. The quantitative estimate of drug-likeness (QED) is 0.530. The van der Waals surface area contributed by atoms with Crippen molar-refractivity contribution >= 4 is 0 Å². The third-order valence-corrected chi connectivity index (χ3v) is 0.589. The Balaban J connectivity index is 0.000000360. The van der Waals surface area contributed by atoms with Gasteiger partial charge in [0, 0.05) is 38.5 Å². The number of aryl methyl sites for hydroxylation is 1. The van der Waals surface area contributed by atoms with E-state index in [4.69, 9.17) is 0 Å². The van der Waals surface area contributed by atoms with Crippen molar-refractivity contribution in [3.63, 3.8) is 0 Å². The smallest absolute Gasteiger partial charge is 0.00893 e. The Labute approximate surface area is 67.6 Å². The fraction of sp³-hybridized carbons (Fsp3) is 0.250. The summed E-state index contributed by atoms with van der Waals surface area (Å²) in [7, 11) is 0. The molecule has 1 rings (SSSR count). The Kier molecular flexibility index (Phi) is 3.48. The van der Waals surface area contributed by atoms with Gasteiger partial charge in [0.25, 0.3) is 0 Å². The Morgan fingerprint density at radius 1 is 1.29 bits per heavy atom. The zero-order valence-electron chi connectivity index (χ0n) is 4.13. The minimum Gasteiger partial charge on any atom is -0.381 e. The first kappa shape index (κ1) is 7.31. The van der Waals surface area contributed by atoms with Gasteiger partial charge in [-0.2, -0.15) is 0 Å². The van der Waals surface area contributed by atoms with Crippen LogP contribution in [0.4, 0.5) is 0 Å². The first-order chi connectivity index (χ1) is 2.89. The van der Waals surface area contributed by atoms with E-state index in [2.05, 4.69) is 9.97 Å². The molecule has 0 spiro atoms. The molecule has 35 valence electrons. The minimum absolute atomic E-state index is 0. The molecule has 1 heterocycles. The molecule has 2 nitrogen and oxygen atoms in total. The van der Waals surface area contributed by atoms with Crippen LogP contribution in [0.15, 0.2) is 12.4 Å². The van der Waals surface area contributed by atoms with Gasteiger partial charge in [-0.1, -0.05) is 6.92 Å². The average Bonchev–Trinajstić information content (AvgIpc) is 1.86. The minimum atomic E-state index is 0. The van der Waals surface area contributed by atoms with Gasteiger partial charge >= 0.3 is 0 Å². The van der Waals surface area contributed by atoms with Crippen molar-refractivity contribution in [2.45, 2.75) is 6.92 Å². The zero-order chi connectivity index (χ0) is 4.41. The molecule has 0 saturated carbocycles. The molecule has 0 aliphatic heterocycles. The SMILES string of the molecule is C[c-]1nccn1.[Y]. The Bertz CT molecular complexity index is 113. The summed E-state index contributed by atoms with van der Waals surface area (Å²) >= 11 is 0. The van der Waals surface area contributed by atoms with Crippen LogP contribution in [-0.2, 0) is 32.7 Å². The molecule has 0 aromatic carbocycles. The molecule has 7 heavy (non-hydrogen) atoms. The molecule has 1 aromatic rings. The summed E-state index contributed by atoms with van der Waals surface area (Å²) in [5.41, 5.74) is 0. The number of rotatable bonds is 0. The van der Waals surface area contributed by atoms with Crippen LogP contribution in [0.3, 0.4) is 0 Å². The van der Waals surface area contributed by atoms with Crippen molar-refractivity contribution in [2.24, 2.45) is 0 Å². The molecular weight excluding hydrogens is 165 g/mol. The van der Waals surface area contributed by atoms with Gasteiger partial charge in [0.1, 0.15) is 0 Å². The summed E-state index contributed by atoms with van der Waals surface area (Å²) in [6.45, 7) is 1.86. The van der Waals surface area contributed by atoms with Gasteiger partial charge in [-0.05, 0) is 0 Å². The summed E-state index contributed by atoms with van der Waals surface area (Å²) in [6.07, 6.45) is 3.35. The largest absolute Gasteiger partial charge is 0.381 e. The topological polar surface area (TPSA) is 25.8 Å². The number of nitrogens with zero attached hydrogens (tertiary/aromatic N) is 2. The first-order valence-corrected chi connectivity index (χ1v) is 1.80. The maximum absolute atomic E-state index is 3.81. The molecule has 0 bridgehead atoms. The number of imidazole rings is 1. The molecule has 0 aliphatic rings. The monoisotopic (exact) mass is 170 g/mol. The molecule has 1 aromatic heterocycles. The van der Waals surface area contributed by atoms with E-state index in [0.29, 0.717) is 0 Å². The average molecular weight is 170 g/mol. The molecular formula is C4H5N2Y-. The third-order valence-electron chi connectivity index (χ3n) is 0.589. The van der Waals surface area contributed by atoms with Crippen molar-refractivity contribution in [3.05, 3.63) is 18.2 Å². The van der Waals surface area contributed by atoms with Gasteiger partial charge in [0.15, 0.2) is 0 Å². The molecule has 0 amide bonds. The normalized spacial score (nSPS) is 7.57. The molecule has 0 fully saturated rings. The van der Waals surface area contributed by atoms with E-state index in [1.54, 1.807) is 12.4 Å². The Morgan fingerprint density at radius 2 is 1.71 bits per heavy atom. The standard InChI is InChI=1S/C4H5N2.Y/c1-4-5-2-3-6-4;/h2-3H,1H3;/q-1;. The molecule has 0 aliphatic carbocycles. The molecule has 0 saturated heterocycles. The van der Waals surface area contributed by atoms with Gasteiger partial charge in [0.05, 0.1) is 0 Å². The van der Waals surface area contributed by atoms with Crippen LogP contribution in [0.25, 0.3) is 0 Å². The van der Waals surface area contributed by atoms with Gasteiger partial charge in [-0.25, -0.2) is 0 Å². The van der Waals surface area contributed by atoms with E-state index in [0.717, 1.165) is 5.82 Å². The van der Waals surface area contributed by atoms with E-state index in [-0.39, 0.29) is 32.7 Å².